The van der Waals surface area contributed by atoms with Gasteiger partial charge in [-0.25, -0.2) is 17.6 Å². The third-order valence-corrected chi connectivity index (χ3v) is 3.36. The van der Waals surface area contributed by atoms with E-state index in [1.54, 1.807) is 23.9 Å². The number of hydrazone groups is 1. The normalized spacial score (nSPS) is 11.1. The highest BCUT2D eigenvalue weighted by Crippen LogP contribution is 2.24. The Morgan fingerprint density at radius 1 is 1.00 bits per heavy atom. The van der Waals surface area contributed by atoms with Crippen LogP contribution in [0.25, 0.3) is 0 Å². The summed E-state index contributed by atoms with van der Waals surface area (Å²) >= 11 is 1.56. The Hall–Kier alpha value is -2.02. The minimum atomic E-state index is -1.52. The first-order valence-electron chi connectivity index (χ1n) is 5.79. The van der Waals surface area contributed by atoms with Gasteiger partial charge in [0.1, 0.15) is 5.69 Å². The summed E-state index contributed by atoms with van der Waals surface area (Å²) < 4.78 is 52.6. The SMILES string of the molecule is CSc1ccc(C=NNc2c(F)c(F)cc(F)c2F)cc1. The van der Waals surface area contributed by atoms with Crippen LogP contribution in [0, 0.1) is 23.3 Å². The molecule has 0 amide bonds. The van der Waals surface area contributed by atoms with E-state index in [9.17, 15) is 17.6 Å². The van der Waals surface area contributed by atoms with Crippen molar-refractivity contribution in [2.24, 2.45) is 5.10 Å². The van der Waals surface area contributed by atoms with Crippen molar-refractivity contribution in [2.45, 2.75) is 4.90 Å². The van der Waals surface area contributed by atoms with Crippen LogP contribution in [-0.4, -0.2) is 12.5 Å². The summed E-state index contributed by atoms with van der Waals surface area (Å²) in [5.74, 6) is -6.03. The van der Waals surface area contributed by atoms with Gasteiger partial charge in [0.05, 0.1) is 6.21 Å². The number of anilines is 1. The van der Waals surface area contributed by atoms with Crippen LogP contribution in [0.5, 0.6) is 0 Å². The maximum atomic E-state index is 13.3. The van der Waals surface area contributed by atoms with Crippen LogP contribution in [0.1, 0.15) is 5.56 Å². The van der Waals surface area contributed by atoms with Crippen LogP contribution >= 0.6 is 11.8 Å². The first kappa shape index (κ1) is 15.4. The van der Waals surface area contributed by atoms with Gasteiger partial charge in [0, 0.05) is 11.0 Å². The molecule has 0 atom stereocenters. The molecule has 0 saturated carbocycles. The predicted octanol–water partition coefficient (Wildman–Crippen LogP) is 4.41. The Balaban J connectivity index is 2.17. The molecule has 110 valence electrons. The molecule has 0 fully saturated rings. The zero-order valence-electron chi connectivity index (χ0n) is 10.8. The summed E-state index contributed by atoms with van der Waals surface area (Å²) in [6.07, 6.45) is 3.21. The maximum Gasteiger partial charge on any atom is 0.186 e. The highest BCUT2D eigenvalue weighted by atomic mass is 32.2. The molecule has 0 heterocycles. The van der Waals surface area contributed by atoms with E-state index in [1.807, 2.05) is 23.8 Å². The number of nitrogens with one attached hydrogen (secondary N) is 1. The second-order valence-corrected chi connectivity index (χ2v) is 4.87. The molecule has 2 aromatic rings. The number of hydrogen-bond donors (Lipinski definition) is 1. The molecule has 0 aliphatic heterocycles. The third-order valence-electron chi connectivity index (χ3n) is 2.62. The molecule has 1 N–H and O–H groups in total. The highest BCUT2D eigenvalue weighted by Gasteiger charge is 2.18. The van der Waals surface area contributed by atoms with Crippen LogP contribution < -0.4 is 5.43 Å². The van der Waals surface area contributed by atoms with E-state index >= 15 is 0 Å². The minimum Gasteiger partial charge on any atom is -0.272 e. The largest absolute Gasteiger partial charge is 0.272 e. The van der Waals surface area contributed by atoms with E-state index in [-0.39, 0.29) is 6.07 Å². The van der Waals surface area contributed by atoms with Crippen molar-refractivity contribution >= 4 is 23.7 Å². The Bertz CT molecular complexity index is 645. The molecule has 2 aromatic carbocycles. The molecular weight excluding hydrogens is 304 g/mol. The fourth-order valence-corrected chi connectivity index (χ4v) is 1.94. The quantitative estimate of drug-likeness (QED) is 0.297. The van der Waals surface area contributed by atoms with Gasteiger partial charge in [0.2, 0.25) is 0 Å². The Morgan fingerprint density at radius 3 is 2.10 bits per heavy atom. The van der Waals surface area contributed by atoms with Gasteiger partial charge in [0.25, 0.3) is 0 Å². The van der Waals surface area contributed by atoms with Gasteiger partial charge in [-0.2, -0.15) is 5.10 Å². The molecule has 2 rings (SSSR count). The molecular formula is C14H10F4N2S. The van der Waals surface area contributed by atoms with Crippen LogP contribution in [-0.2, 0) is 0 Å². The van der Waals surface area contributed by atoms with Crippen molar-refractivity contribution < 1.29 is 17.6 Å². The average Bonchev–Trinajstić information content (AvgIpc) is 2.49. The topological polar surface area (TPSA) is 24.4 Å². The number of thioether (sulfide) groups is 1. The monoisotopic (exact) mass is 314 g/mol. The summed E-state index contributed by atoms with van der Waals surface area (Å²) in [6.45, 7) is 0. The van der Waals surface area contributed by atoms with Crippen LogP contribution in [0.3, 0.4) is 0 Å². The van der Waals surface area contributed by atoms with Gasteiger partial charge < -0.3 is 0 Å². The fourth-order valence-electron chi connectivity index (χ4n) is 1.53. The molecule has 0 saturated heterocycles. The van der Waals surface area contributed by atoms with Gasteiger partial charge in [-0.3, -0.25) is 5.43 Å². The van der Waals surface area contributed by atoms with Crippen LogP contribution in [0.4, 0.5) is 23.2 Å². The Kier molecular flexibility index (Phi) is 4.85. The lowest BCUT2D eigenvalue weighted by Crippen LogP contribution is -2.02. The molecule has 2 nitrogen and oxygen atoms in total. The lowest BCUT2D eigenvalue weighted by atomic mass is 10.2. The molecule has 0 aliphatic rings. The summed E-state index contributed by atoms with van der Waals surface area (Å²) in [7, 11) is 0. The summed E-state index contributed by atoms with van der Waals surface area (Å²) in [6, 6.07) is 7.32. The number of halogens is 4. The van der Waals surface area contributed by atoms with Crippen LogP contribution in [0.15, 0.2) is 40.3 Å². The molecule has 0 aromatic heterocycles. The van der Waals surface area contributed by atoms with Crippen LogP contribution in [0.2, 0.25) is 0 Å². The summed E-state index contributed by atoms with van der Waals surface area (Å²) in [5.41, 5.74) is 1.67. The highest BCUT2D eigenvalue weighted by molar-refractivity contribution is 7.98. The minimum absolute atomic E-state index is 0.140. The average molecular weight is 314 g/mol. The molecule has 7 heteroatoms. The second kappa shape index (κ2) is 6.62. The van der Waals surface area contributed by atoms with E-state index < -0.39 is 29.0 Å². The van der Waals surface area contributed by atoms with E-state index in [1.165, 1.54) is 6.21 Å². The van der Waals surface area contributed by atoms with Gasteiger partial charge >= 0.3 is 0 Å². The molecule has 21 heavy (non-hydrogen) atoms. The van der Waals surface area contributed by atoms with Gasteiger partial charge in [0.15, 0.2) is 23.3 Å². The summed E-state index contributed by atoms with van der Waals surface area (Å²) in [4.78, 5) is 1.05. The fraction of sp³-hybridized carbons (Fsp3) is 0.0714. The van der Waals surface area contributed by atoms with Crippen molar-refractivity contribution in [3.63, 3.8) is 0 Å². The first-order chi connectivity index (χ1) is 10.0. The molecule has 0 radical (unpaired) electrons. The van der Waals surface area contributed by atoms with Gasteiger partial charge in [-0.15, -0.1) is 11.8 Å². The van der Waals surface area contributed by atoms with E-state index in [0.29, 0.717) is 5.56 Å². The Labute approximate surface area is 122 Å². The third kappa shape index (κ3) is 3.55. The van der Waals surface area contributed by atoms with Crippen molar-refractivity contribution in [3.8, 4) is 0 Å². The van der Waals surface area contributed by atoms with Gasteiger partial charge in [-0.1, -0.05) is 12.1 Å². The van der Waals surface area contributed by atoms with E-state index in [0.717, 1.165) is 4.90 Å². The number of hydrogen-bond acceptors (Lipinski definition) is 3. The predicted molar refractivity (Wildman–Crippen MR) is 75.7 cm³/mol. The standard InChI is InChI=1S/C14H10F4N2S/c1-21-9-4-2-8(3-5-9)7-19-20-14-12(17)10(15)6-11(16)13(14)18/h2-7,20H,1H3. The zero-order chi connectivity index (χ0) is 15.4. The number of rotatable bonds is 4. The van der Waals surface area contributed by atoms with Crippen molar-refractivity contribution in [2.75, 3.05) is 11.7 Å². The lowest BCUT2D eigenvalue weighted by Gasteiger charge is -2.05. The zero-order valence-corrected chi connectivity index (χ0v) is 11.6. The molecule has 0 bridgehead atoms. The molecule has 0 unspecified atom stereocenters. The number of benzene rings is 2. The summed E-state index contributed by atoms with van der Waals surface area (Å²) in [5, 5.41) is 3.58. The van der Waals surface area contributed by atoms with Crippen molar-refractivity contribution in [3.05, 3.63) is 59.2 Å². The van der Waals surface area contributed by atoms with Gasteiger partial charge in [-0.05, 0) is 24.0 Å². The smallest absolute Gasteiger partial charge is 0.186 e. The lowest BCUT2D eigenvalue weighted by molar-refractivity contribution is 0.458. The first-order valence-corrected chi connectivity index (χ1v) is 7.01. The Morgan fingerprint density at radius 2 is 1.57 bits per heavy atom. The van der Waals surface area contributed by atoms with Crippen molar-refractivity contribution in [1.29, 1.82) is 0 Å². The van der Waals surface area contributed by atoms with E-state index in [4.69, 9.17) is 0 Å². The maximum absolute atomic E-state index is 13.3. The van der Waals surface area contributed by atoms with Crippen molar-refractivity contribution in [1.82, 2.24) is 0 Å². The number of nitrogens with zero attached hydrogens (tertiary/aromatic N) is 1. The molecule has 0 spiro atoms. The second-order valence-electron chi connectivity index (χ2n) is 3.99. The molecule has 0 aliphatic carbocycles. The van der Waals surface area contributed by atoms with E-state index in [2.05, 4.69) is 5.10 Å².